The first-order valence-electron chi connectivity index (χ1n) is 8.54. The summed E-state index contributed by atoms with van der Waals surface area (Å²) in [5.74, 6) is 1.81. The molecule has 0 unspecified atom stereocenters. The number of nitrogens with zero attached hydrogens (tertiary/aromatic N) is 4. The molecule has 0 radical (unpaired) electrons. The predicted molar refractivity (Wildman–Crippen MR) is 91.0 cm³/mol. The summed E-state index contributed by atoms with van der Waals surface area (Å²) in [4.78, 5) is 22.5. The van der Waals surface area contributed by atoms with Gasteiger partial charge in [0, 0.05) is 45.1 Å². The van der Waals surface area contributed by atoms with E-state index in [9.17, 15) is 9.90 Å². The third-order valence-electron chi connectivity index (χ3n) is 4.31. The van der Waals surface area contributed by atoms with Gasteiger partial charge in [-0.3, -0.25) is 4.79 Å². The van der Waals surface area contributed by atoms with E-state index in [1.807, 2.05) is 30.0 Å². The van der Waals surface area contributed by atoms with Crippen molar-refractivity contribution in [2.45, 2.75) is 38.2 Å². The molecular formula is C17H23N5O3. The van der Waals surface area contributed by atoms with Gasteiger partial charge < -0.3 is 19.8 Å². The van der Waals surface area contributed by atoms with Gasteiger partial charge >= 0.3 is 0 Å². The van der Waals surface area contributed by atoms with Crippen molar-refractivity contribution in [3.8, 4) is 0 Å². The second-order valence-electron chi connectivity index (χ2n) is 6.32. The largest absolute Gasteiger partial charge is 0.386 e. The molecule has 2 aromatic heterocycles. The highest BCUT2D eigenvalue weighted by Crippen LogP contribution is 2.24. The van der Waals surface area contributed by atoms with Crippen LogP contribution in [0, 0.1) is 0 Å². The second-order valence-corrected chi connectivity index (χ2v) is 6.32. The Morgan fingerprint density at radius 2 is 2.36 bits per heavy atom. The number of aromatic nitrogens is 3. The number of carbonyl (C=O) groups excluding carboxylic acids is 1. The van der Waals surface area contributed by atoms with Crippen LogP contribution in [0.25, 0.3) is 0 Å². The first kappa shape index (κ1) is 17.3. The van der Waals surface area contributed by atoms with Gasteiger partial charge in [0.15, 0.2) is 5.82 Å². The SMILES string of the molecule is CCc1noc(CCC(=O)NC[C@]2(O)CCN(c3ccccn3)C2)n1. The number of carbonyl (C=O) groups is 1. The summed E-state index contributed by atoms with van der Waals surface area (Å²) >= 11 is 0. The zero-order valence-electron chi connectivity index (χ0n) is 14.3. The summed E-state index contributed by atoms with van der Waals surface area (Å²) in [5.41, 5.74) is -0.937. The molecule has 0 spiro atoms. The minimum atomic E-state index is -0.937. The van der Waals surface area contributed by atoms with Crippen LogP contribution in [0.2, 0.25) is 0 Å². The van der Waals surface area contributed by atoms with Crippen molar-refractivity contribution in [3.63, 3.8) is 0 Å². The number of anilines is 1. The molecule has 8 heteroatoms. The third kappa shape index (κ3) is 4.54. The lowest BCUT2D eigenvalue weighted by Gasteiger charge is -2.24. The zero-order chi connectivity index (χ0) is 17.7. The van der Waals surface area contributed by atoms with E-state index in [1.54, 1.807) is 6.20 Å². The molecule has 0 aliphatic carbocycles. The molecule has 1 aliphatic rings. The highest BCUT2D eigenvalue weighted by molar-refractivity contribution is 5.76. The molecule has 1 amide bonds. The van der Waals surface area contributed by atoms with Crippen molar-refractivity contribution < 1.29 is 14.4 Å². The Hall–Kier alpha value is -2.48. The van der Waals surface area contributed by atoms with E-state index in [4.69, 9.17) is 4.52 Å². The molecule has 0 bridgehead atoms. The fourth-order valence-electron chi connectivity index (χ4n) is 2.84. The summed E-state index contributed by atoms with van der Waals surface area (Å²) in [7, 11) is 0. The topological polar surface area (TPSA) is 104 Å². The normalized spacial score (nSPS) is 20.0. The van der Waals surface area contributed by atoms with Crippen LogP contribution in [0.4, 0.5) is 5.82 Å². The summed E-state index contributed by atoms with van der Waals surface area (Å²) < 4.78 is 5.06. The van der Waals surface area contributed by atoms with Gasteiger partial charge in [-0.05, 0) is 18.6 Å². The van der Waals surface area contributed by atoms with Crippen LogP contribution in [-0.2, 0) is 17.6 Å². The zero-order valence-corrected chi connectivity index (χ0v) is 14.3. The summed E-state index contributed by atoms with van der Waals surface area (Å²) in [6.07, 6.45) is 3.68. The van der Waals surface area contributed by atoms with E-state index in [1.165, 1.54) is 0 Å². The van der Waals surface area contributed by atoms with E-state index in [-0.39, 0.29) is 18.9 Å². The lowest BCUT2D eigenvalue weighted by molar-refractivity contribution is -0.122. The lowest BCUT2D eigenvalue weighted by Crippen LogP contribution is -2.45. The van der Waals surface area contributed by atoms with Gasteiger partial charge in [0.05, 0.1) is 0 Å². The van der Waals surface area contributed by atoms with Crippen molar-refractivity contribution in [3.05, 3.63) is 36.1 Å². The number of hydrogen-bond acceptors (Lipinski definition) is 7. The van der Waals surface area contributed by atoms with E-state index in [2.05, 4.69) is 20.4 Å². The average Bonchev–Trinajstić information content (AvgIpc) is 3.26. The molecule has 1 saturated heterocycles. The highest BCUT2D eigenvalue weighted by atomic mass is 16.5. The van der Waals surface area contributed by atoms with Crippen LogP contribution in [0.1, 0.15) is 31.5 Å². The maximum absolute atomic E-state index is 12.0. The molecule has 2 N–H and O–H groups in total. The molecule has 1 atom stereocenters. The second kappa shape index (κ2) is 7.60. The van der Waals surface area contributed by atoms with Crippen molar-refractivity contribution >= 4 is 11.7 Å². The monoisotopic (exact) mass is 345 g/mol. The van der Waals surface area contributed by atoms with Crippen molar-refractivity contribution in [1.29, 1.82) is 0 Å². The smallest absolute Gasteiger partial charge is 0.227 e. The van der Waals surface area contributed by atoms with Gasteiger partial charge in [-0.2, -0.15) is 4.98 Å². The quantitative estimate of drug-likeness (QED) is 0.762. The lowest BCUT2D eigenvalue weighted by atomic mass is 10.0. The van der Waals surface area contributed by atoms with Gasteiger partial charge in [-0.15, -0.1) is 0 Å². The maximum Gasteiger partial charge on any atom is 0.227 e. The Morgan fingerprint density at radius 3 is 3.08 bits per heavy atom. The number of amides is 1. The molecule has 3 heterocycles. The van der Waals surface area contributed by atoms with E-state index < -0.39 is 5.60 Å². The Labute approximate surface area is 146 Å². The molecule has 1 aliphatic heterocycles. The Bertz CT molecular complexity index is 705. The van der Waals surface area contributed by atoms with Gasteiger partial charge in [-0.25, -0.2) is 4.98 Å². The Morgan fingerprint density at radius 1 is 1.48 bits per heavy atom. The van der Waals surface area contributed by atoms with Gasteiger partial charge in [-0.1, -0.05) is 18.1 Å². The minimum absolute atomic E-state index is 0.138. The minimum Gasteiger partial charge on any atom is -0.386 e. The number of aryl methyl sites for hydroxylation is 2. The van der Waals surface area contributed by atoms with Crippen molar-refractivity contribution in [2.24, 2.45) is 0 Å². The molecule has 8 nitrogen and oxygen atoms in total. The first-order valence-corrected chi connectivity index (χ1v) is 8.54. The van der Waals surface area contributed by atoms with Crippen LogP contribution < -0.4 is 10.2 Å². The standard InChI is InChI=1S/C17H23N5O3/c1-2-13-20-16(25-21-13)7-6-15(23)19-11-17(24)8-10-22(12-17)14-5-3-4-9-18-14/h3-5,9,24H,2,6-8,10-12H2,1H3,(H,19,23)/t17-/m1/s1. The molecule has 0 aromatic carbocycles. The van der Waals surface area contributed by atoms with E-state index in [0.717, 1.165) is 5.82 Å². The Kier molecular flexibility index (Phi) is 5.28. The molecule has 2 aromatic rings. The van der Waals surface area contributed by atoms with Crippen LogP contribution in [0.15, 0.2) is 28.9 Å². The van der Waals surface area contributed by atoms with Crippen molar-refractivity contribution in [1.82, 2.24) is 20.4 Å². The van der Waals surface area contributed by atoms with Gasteiger partial charge in [0.2, 0.25) is 11.8 Å². The number of hydrogen-bond donors (Lipinski definition) is 2. The molecule has 3 rings (SSSR count). The fraction of sp³-hybridized carbons (Fsp3) is 0.529. The van der Waals surface area contributed by atoms with Crippen LogP contribution in [0.3, 0.4) is 0 Å². The molecule has 0 saturated carbocycles. The van der Waals surface area contributed by atoms with Crippen molar-refractivity contribution in [2.75, 3.05) is 24.5 Å². The number of pyridine rings is 1. The van der Waals surface area contributed by atoms with Gasteiger partial charge in [0.25, 0.3) is 0 Å². The molecule has 1 fully saturated rings. The van der Waals surface area contributed by atoms with Crippen LogP contribution >= 0.6 is 0 Å². The van der Waals surface area contributed by atoms with Crippen LogP contribution in [0.5, 0.6) is 0 Å². The fourth-order valence-corrected chi connectivity index (χ4v) is 2.84. The summed E-state index contributed by atoms with van der Waals surface area (Å²) in [6, 6.07) is 5.70. The predicted octanol–water partition coefficient (Wildman–Crippen LogP) is 0.717. The molecular weight excluding hydrogens is 322 g/mol. The number of rotatable bonds is 7. The summed E-state index contributed by atoms with van der Waals surface area (Å²) in [6.45, 7) is 3.33. The highest BCUT2D eigenvalue weighted by Gasteiger charge is 2.36. The number of nitrogens with one attached hydrogen (secondary N) is 1. The van der Waals surface area contributed by atoms with E-state index in [0.29, 0.717) is 44.1 Å². The average molecular weight is 345 g/mol. The molecule has 25 heavy (non-hydrogen) atoms. The van der Waals surface area contributed by atoms with E-state index >= 15 is 0 Å². The van der Waals surface area contributed by atoms with Crippen LogP contribution in [-0.4, -0.2) is 51.4 Å². The molecule has 134 valence electrons. The number of aliphatic hydroxyl groups is 1. The third-order valence-corrected chi connectivity index (χ3v) is 4.31. The maximum atomic E-state index is 12.0. The first-order chi connectivity index (χ1) is 12.1. The Balaban J connectivity index is 1.44. The number of β-amino-alcohol motifs (C(OH)–C–C–N with tert-alkyl or cyclic N) is 1. The summed E-state index contributed by atoms with van der Waals surface area (Å²) in [5, 5.41) is 17.3. The van der Waals surface area contributed by atoms with Gasteiger partial charge in [0.1, 0.15) is 11.4 Å².